The zero-order chi connectivity index (χ0) is 15.0. The van der Waals surface area contributed by atoms with Crippen molar-refractivity contribution in [2.24, 2.45) is 0 Å². The Hall–Kier alpha value is -1.76. The van der Waals surface area contributed by atoms with Crippen LogP contribution in [0.3, 0.4) is 0 Å². The lowest BCUT2D eigenvalue weighted by Crippen LogP contribution is -2.27. The second-order valence-corrected chi connectivity index (χ2v) is 6.81. The molecule has 0 saturated carbocycles. The second kappa shape index (κ2) is 5.22. The van der Waals surface area contributed by atoms with Crippen molar-refractivity contribution in [3.05, 3.63) is 58.9 Å². The number of hydrogen-bond donors (Lipinski definition) is 1. The molecule has 0 amide bonds. The number of fused-ring (bicyclic) bond motifs is 1. The Morgan fingerprint density at radius 1 is 1.19 bits per heavy atom. The summed E-state index contributed by atoms with van der Waals surface area (Å²) in [5.41, 5.74) is 1.27. The van der Waals surface area contributed by atoms with Crippen molar-refractivity contribution >= 4 is 27.4 Å². The molecule has 0 saturated heterocycles. The Labute approximate surface area is 127 Å². The average Bonchev–Trinajstić information content (AvgIpc) is 2.76. The van der Waals surface area contributed by atoms with Crippen molar-refractivity contribution in [3.8, 4) is 0 Å². The van der Waals surface area contributed by atoms with Gasteiger partial charge in [-0.2, -0.15) is 0 Å². The van der Waals surface area contributed by atoms with Crippen LogP contribution in [0.15, 0.2) is 47.5 Å². The quantitative estimate of drug-likeness (QED) is 0.880. The molecule has 0 fully saturated rings. The number of hydrogen-bond acceptors (Lipinski definition) is 4. The lowest BCUT2D eigenvalue weighted by atomic mass is 10.1. The van der Waals surface area contributed by atoms with Crippen molar-refractivity contribution in [2.45, 2.75) is 17.4 Å². The van der Waals surface area contributed by atoms with E-state index in [0.29, 0.717) is 11.1 Å². The average molecular weight is 323 g/mol. The topological polar surface area (TPSA) is 76.1 Å². The van der Waals surface area contributed by atoms with Gasteiger partial charge in [-0.15, -0.1) is 0 Å². The predicted molar refractivity (Wildman–Crippen MR) is 77.7 cm³/mol. The highest BCUT2D eigenvalue weighted by Gasteiger charge is 2.32. The third kappa shape index (κ3) is 2.70. The number of carbonyl (C=O) groups excluding carboxylic acids is 1. The van der Waals surface area contributed by atoms with Crippen LogP contribution in [-0.2, 0) is 10.0 Å². The molecule has 0 radical (unpaired) electrons. The first-order valence-electron chi connectivity index (χ1n) is 6.23. The number of ketones is 1. The molecule has 0 aliphatic heterocycles. The molecular formula is C14H11ClN2O3S. The molecule has 0 bridgehead atoms. The number of benzene rings is 1. The van der Waals surface area contributed by atoms with Crippen molar-refractivity contribution in [1.82, 2.24) is 9.71 Å². The SMILES string of the molecule is O=C1CC(NS(=O)(=O)c2ccc(Cl)nc2)c2ccccc21. The molecule has 1 atom stereocenters. The van der Waals surface area contributed by atoms with Gasteiger partial charge in [-0.05, 0) is 17.7 Å². The number of aromatic nitrogens is 1. The summed E-state index contributed by atoms with van der Waals surface area (Å²) in [7, 11) is -3.75. The predicted octanol–water partition coefficient (Wildman–Crippen LogP) is 2.34. The molecule has 1 unspecified atom stereocenters. The van der Waals surface area contributed by atoms with Gasteiger partial charge in [-0.25, -0.2) is 18.1 Å². The highest BCUT2D eigenvalue weighted by Crippen LogP contribution is 2.32. The smallest absolute Gasteiger partial charge is 0.242 e. The first kappa shape index (κ1) is 14.2. The van der Waals surface area contributed by atoms with E-state index in [9.17, 15) is 13.2 Å². The lowest BCUT2D eigenvalue weighted by molar-refractivity contribution is 0.0988. The number of pyridine rings is 1. The number of sulfonamides is 1. The van der Waals surface area contributed by atoms with E-state index in [1.807, 2.05) is 0 Å². The van der Waals surface area contributed by atoms with Crippen LogP contribution in [-0.4, -0.2) is 19.2 Å². The Bertz CT molecular complexity index is 803. The fourth-order valence-corrected chi connectivity index (χ4v) is 3.61. The van der Waals surface area contributed by atoms with Crippen LogP contribution >= 0.6 is 11.6 Å². The summed E-state index contributed by atoms with van der Waals surface area (Å²) in [5, 5.41) is 0.218. The molecule has 1 aromatic carbocycles. The summed E-state index contributed by atoms with van der Waals surface area (Å²) in [6.45, 7) is 0. The van der Waals surface area contributed by atoms with Crippen molar-refractivity contribution < 1.29 is 13.2 Å². The molecule has 7 heteroatoms. The highest BCUT2D eigenvalue weighted by atomic mass is 35.5. The fourth-order valence-electron chi connectivity index (χ4n) is 2.34. The van der Waals surface area contributed by atoms with E-state index in [2.05, 4.69) is 9.71 Å². The van der Waals surface area contributed by atoms with Gasteiger partial charge < -0.3 is 0 Å². The highest BCUT2D eigenvalue weighted by molar-refractivity contribution is 7.89. The zero-order valence-corrected chi connectivity index (χ0v) is 12.4. The van der Waals surface area contributed by atoms with E-state index in [1.54, 1.807) is 24.3 Å². The fraction of sp³-hybridized carbons (Fsp3) is 0.143. The number of Topliss-reactive ketones (excluding diaryl/α,β-unsaturated/α-hetero) is 1. The molecule has 1 aromatic heterocycles. The molecule has 2 aromatic rings. The Balaban J connectivity index is 1.91. The first-order valence-corrected chi connectivity index (χ1v) is 8.09. The van der Waals surface area contributed by atoms with Gasteiger partial charge in [0.15, 0.2) is 5.78 Å². The molecule has 1 heterocycles. The summed E-state index contributed by atoms with van der Waals surface area (Å²) < 4.78 is 27.2. The molecule has 1 aliphatic carbocycles. The van der Waals surface area contributed by atoms with Gasteiger partial charge in [0, 0.05) is 18.2 Å². The lowest BCUT2D eigenvalue weighted by Gasteiger charge is -2.13. The molecule has 5 nitrogen and oxygen atoms in total. The number of nitrogens with zero attached hydrogens (tertiary/aromatic N) is 1. The van der Waals surface area contributed by atoms with E-state index >= 15 is 0 Å². The zero-order valence-electron chi connectivity index (χ0n) is 10.8. The van der Waals surface area contributed by atoms with Gasteiger partial charge >= 0.3 is 0 Å². The standard InChI is InChI=1S/C14H11ClN2O3S/c15-14-6-5-9(8-16-14)21(19,20)17-12-7-13(18)11-4-2-1-3-10(11)12/h1-6,8,12,17H,7H2. The normalized spacial score (nSPS) is 17.8. The maximum atomic E-state index is 12.3. The summed E-state index contributed by atoms with van der Waals surface area (Å²) >= 11 is 5.65. The van der Waals surface area contributed by atoms with Crippen LogP contribution < -0.4 is 4.72 Å². The van der Waals surface area contributed by atoms with E-state index in [4.69, 9.17) is 11.6 Å². The third-order valence-corrected chi connectivity index (χ3v) is 5.01. The molecule has 0 spiro atoms. The van der Waals surface area contributed by atoms with Crippen molar-refractivity contribution in [2.75, 3.05) is 0 Å². The van der Waals surface area contributed by atoms with E-state index < -0.39 is 16.1 Å². The molecular weight excluding hydrogens is 312 g/mol. The minimum absolute atomic E-state index is 0.0173. The number of halogens is 1. The van der Waals surface area contributed by atoms with E-state index in [-0.39, 0.29) is 22.3 Å². The van der Waals surface area contributed by atoms with Crippen molar-refractivity contribution in [3.63, 3.8) is 0 Å². The third-order valence-electron chi connectivity index (χ3n) is 3.33. The van der Waals surface area contributed by atoms with Crippen LogP contribution in [0.2, 0.25) is 5.15 Å². The van der Waals surface area contributed by atoms with Crippen LogP contribution in [0.1, 0.15) is 28.4 Å². The van der Waals surface area contributed by atoms with Crippen LogP contribution in [0.5, 0.6) is 0 Å². The minimum Gasteiger partial charge on any atom is -0.294 e. The van der Waals surface area contributed by atoms with Crippen LogP contribution in [0.25, 0.3) is 0 Å². The number of carbonyl (C=O) groups is 1. The Kier molecular flexibility index (Phi) is 3.52. The second-order valence-electron chi connectivity index (χ2n) is 4.71. The van der Waals surface area contributed by atoms with Gasteiger partial charge in [0.1, 0.15) is 10.0 Å². The van der Waals surface area contributed by atoms with Gasteiger partial charge in [0.05, 0.1) is 6.04 Å². The van der Waals surface area contributed by atoms with E-state index in [1.165, 1.54) is 18.3 Å². The first-order chi connectivity index (χ1) is 9.97. The summed E-state index contributed by atoms with van der Waals surface area (Å²) in [6.07, 6.45) is 1.31. The number of rotatable bonds is 3. The Morgan fingerprint density at radius 3 is 2.67 bits per heavy atom. The van der Waals surface area contributed by atoms with Gasteiger partial charge in [0.2, 0.25) is 10.0 Å². The molecule has 21 heavy (non-hydrogen) atoms. The maximum absolute atomic E-state index is 12.3. The maximum Gasteiger partial charge on any atom is 0.242 e. The largest absolute Gasteiger partial charge is 0.294 e. The van der Waals surface area contributed by atoms with Gasteiger partial charge in [-0.3, -0.25) is 4.79 Å². The van der Waals surface area contributed by atoms with Gasteiger partial charge in [-0.1, -0.05) is 35.9 Å². The van der Waals surface area contributed by atoms with Crippen LogP contribution in [0, 0.1) is 0 Å². The van der Waals surface area contributed by atoms with Crippen molar-refractivity contribution in [1.29, 1.82) is 0 Å². The van der Waals surface area contributed by atoms with E-state index in [0.717, 1.165) is 0 Å². The molecule has 1 aliphatic rings. The Morgan fingerprint density at radius 2 is 1.95 bits per heavy atom. The molecule has 108 valence electrons. The monoisotopic (exact) mass is 322 g/mol. The van der Waals surface area contributed by atoms with Crippen LogP contribution in [0.4, 0.5) is 0 Å². The summed E-state index contributed by atoms with van der Waals surface area (Å²) in [4.78, 5) is 15.7. The molecule has 1 N–H and O–H groups in total. The molecule has 3 rings (SSSR count). The summed E-state index contributed by atoms with van der Waals surface area (Å²) in [5.74, 6) is -0.0625. The minimum atomic E-state index is -3.75. The number of nitrogens with one attached hydrogen (secondary N) is 1. The summed E-state index contributed by atoms with van der Waals surface area (Å²) in [6, 6.07) is 9.24. The van der Waals surface area contributed by atoms with Gasteiger partial charge in [0.25, 0.3) is 0 Å².